The third-order valence-electron chi connectivity index (χ3n) is 3.09. The zero-order valence-electron chi connectivity index (χ0n) is 10.6. The van der Waals surface area contributed by atoms with Crippen LogP contribution in [-0.2, 0) is 0 Å². The molecule has 0 unspecified atom stereocenters. The lowest BCUT2D eigenvalue weighted by Crippen LogP contribution is -2.14. The van der Waals surface area contributed by atoms with Gasteiger partial charge in [-0.25, -0.2) is 0 Å². The van der Waals surface area contributed by atoms with Gasteiger partial charge in [-0.15, -0.1) is 0 Å². The van der Waals surface area contributed by atoms with Crippen molar-refractivity contribution in [2.75, 3.05) is 0 Å². The van der Waals surface area contributed by atoms with Crippen LogP contribution in [0, 0.1) is 0 Å². The molecule has 0 saturated heterocycles. The van der Waals surface area contributed by atoms with E-state index in [-0.39, 0.29) is 0 Å². The van der Waals surface area contributed by atoms with Gasteiger partial charge in [-0.2, -0.15) is 0 Å². The van der Waals surface area contributed by atoms with Crippen molar-refractivity contribution >= 4 is 10.8 Å². The van der Waals surface area contributed by atoms with Gasteiger partial charge in [0.15, 0.2) is 0 Å². The fourth-order valence-corrected chi connectivity index (χ4v) is 2.10. The summed E-state index contributed by atoms with van der Waals surface area (Å²) in [4.78, 5) is 0. The highest BCUT2D eigenvalue weighted by molar-refractivity contribution is 5.83. The lowest BCUT2D eigenvalue weighted by molar-refractivity contribution is 0.186. The highest BCUT2D eigenvalue weighted by atomic mass is 16.5. The molecule has 17 heavy (non-hydrogen) atoms. The Morgan fingerprint density at radius 2 is 1.76 bits per heavy atom. The second kappa shape index (κ2) is 5.72. The van der Waals surface area contributed by atoms with E-state index in [1.54, 1.807) is 0 Å². The Kier molecular flexibility index (Phi) is 4.03. The summed E-state index contributed by atoms with van der Waals surface area (Å²) in [7, 11) is 0. The van der Waals surface area contributed by atoms with Crippen LogP contribution in [0.2, 0.25) is 0 Å². The van der Waals surface area contributed by atoms with Gasteiger partial charge >= 0.3 is 0 Å². The quantitative estimate of drug-likeness (QED) is 0.714. The smallest absolute Gasteiger partial charge is 0.120 e. The minimum absolute atomic E-state index is 0.348. The minimum atomic E-state index is 0.348. The number of benzene rings is 2. The molecule has 0 radical (unpaired) electrons. The van der Waals surface area contributed by atoms with E-state index >= 15 is 0 Å². The summed E-state index contributed by atoms with van der Waals surface area (Å²) < 4.78 is 6.01. The molecule has 0 aliphatic heterocycles. The summed E-state index contributed by atoms with van der Waals surface area (Å²) in [5, 5.41) is 2.51. The lowest BCUT2D eigenvalue weighted by Gasteiger charge is -2.17. The van der Waals surface area contributed by atoms with Crippen molar-refractivity contribution in [1.82, 2.24) is 0 Å². The van der Waals surface area contributed by atoms with Crippen molar-refractivity contribution in [2.24, 2.45) is 0 Å². The SMILES string of the molecule is CCC[C@@H](CC)Oc1ccc2ccccc2c1. The second-order valence-corrected chi connectivity index (χ2v) is 4.45. The predicted molar refractivity (Wildman–Crippen MR) is 73.6 cm³/mol. The zero-order chi connectivity index (χ0) is 12.1. The lowest BCUT2D eigenvalue weighted by atomic mass is 10.1. The molecule has 0 fully saturated rings. The van der Waals surface area contributed by atoms with Crippen molar-refractivity contribution < 1.29 is 4.74 Å². The highest BCUT2D eigenvalue weighted by Gasteiger charge is 2.06. The fourth-order valence-electron chi connectivity index (χ4n) is 2.10. The molecule has 0 amide bonds. The Morgan fingerprint density at radius 1 is 1.00 bits per heavy atom. The third kappa shape index (κ3) is 3.00. The van der Waals surface area contributed by atoms with Gasteiger partial charge in [0, 0.05) is 0 Å². The number of ether oxygens (including phenoxy) is 1. The van der Waals surface area contributed by atoms with Gasteiger partial charge in [-0.1, -0.05) is 50.6 Å². The summed E-state index contributed by atoms with van der Waals surface area (Å²) in [5.41, 5.74) is 0. The Balaban J connectivity index is 2.18. The van der Waals surface area contributed by atoms with Gasteiger partial charge in [0.05, 0.1) is 6.10 Å². The molecule has 0 spiro atoms. The predicted octanol–water partition coefficient (Wildman–Crippen LogP) is 4.80. The first kappa shape index (κ1) is 12.0. The minimum Gasteiger partial charge on any atom is -0.490 e. The maximum absolute atomic E-state index is 6.01. The molecule has 0 heterocycles. The first-order valence-corrected chi connectivity index (χ1v) is 6.49. The van der Waals surface area contributed by atoms with E-state index < -0.39 is 0 Å². The Hall–Kier alpha value is -1.50. The maximum atomic E-state index is 6.01. The zero-order valence-corrected chi connectivity index (χ0v) is 10.6. The van der Waals surface area contributed by atoms with E-state index in [1.165, 1.54) is 17.2 Å². The first-order chi connectivity index (χ1) is 8.33. The van der Waals surface area contributed by atoms with Crippen molar-refractivity contribution in [3.63, 3.8) is 0 Å². The standard InChI is InChI=1S/C16H20O/c1-3-7-15(4-2)17-16-11-10-13-8-5-6-9-14(13)12-16/h5-6,8-12,15H,3-4,7H2,1-2H3/t15-/m1/s1. The molecule has 90 valence electrons. The Bertz CT molecular complexity index is 476. The molecular formula is C16H20O. The second-order valence-electron chi connectivity index (χ2n) is 4.45. The van der Waals surface area contributed by atoms with Crippen molar-refractivity contribution in [3.8, 4) is 5.75 Å². The topological polar surface area (TPSA) is 9.23 Å². The van der Waals surface area contributed by atoms with E-state index in [2.05, 4.69) is 56.3 Å². The van der Waals surface area contributed by atoms with Gasteiger partial charge in [0.1, 0.15) is 5.75 Å². The molecule has 1 atom stereocenters. The van der Waals surface area contributed by atoms with Gasteiger partial charge in [0.25, 0.3) is 0 Å². The first-order valence-electron chi connectivity index (χ1n) is 6.49. The summed E-state index contributed by atoms with van der Waals surface area (Å²) in [5.74, 6) is 0.990. The third-order valence-corrected chi connectivity index (χ3v) is 3.09. The van der Waals surface area contributed by atoms with Crippen LogP contribution in [0.5, 0.6) is 5.75 Å². The van der Waals surface area contributed by atoms with E-state index in [9.17, 15) is 0 Å². The average molecular weight is 228 g/mol. The summed E-state index contributed by atoms with van der Waals surface area (Å²) in [6, 6.07) is 14.7. The number of hydrogen-bond acceptors (Lipinski definition) is 1. The van der Waals surface area contributed by atoms with Crippen LogP contribution in [0.3, 0.4) is 0 Å². The normalized spacial score (nSPS) is 12.6. The number of fused-ring (bicyclic) bond motifs is 1. The largest absolute Gasteiger partial charge is 0.490 e. The molecule has 2 rings (SSSR count). The monoisotopic (exact) mass is 228 g/mol. The molecule has 0 aromatic heterocycles. The van der Waals surface area contributed by atoms with Gasteiger partial charge < -0.3 is 4.74 Å². The number of rotatable bonds is 5. The van der Waals surface area contributed by atoms with Crippen molar-refractivity contribution in [3.05, 3.63) is 42.5 Å². The van der Waals surface area contributed by atoms with Crippen LogP contribution in [0.4, 0.5) is 0 Å². The van der Waals surface area contributed by atoms with E-state index in [1.807, 2.05) is 0 Å². The summed E-state index contributed by atoms with van der Waals surface area (Å²) >= 11 is 0. The molecular weight excluding hydrogens is 208 g/mol. The van der Waals surface area contributed by atoms with Crippen molar-refractivity contribution in [2.45, 2.75) is 39.2 Å². The van der Waals surface area contributed by atoms with Crippen LogP contribution in [0.1, 0.15) is 33.1 Å². The van der Waals surface area contributed by atoms with Crippen LogP contribution >= 0.6 is 0 Å². The number of hydrogen-bond donors (Lipinski definition) is 0. The molecule has 2 aromatic rings. The van der Waals surface area contributed by atoms with Gasteiger partial charge in [-0.3, -0.25) is 0 Å². The highest BCUT2D eigenvalue weighted by Crippen LogP contribution is 2.22. The molecule has 2 aromatic carbocycles. The van der Waals surface area contributed by atoms with Crippen LogP contribution in [0.15, 0.2) is 42.5 Å². The molecule has 0 saturated carbocycles. The molecule has 0 aliphatic carbocycles. The molecule has 1 heteroatoms. The van der Waals surface area contributed by atoms with Crippen LogP contribution in [0.25, 0.3) is 10.8 Å². The van der Waals surface area contributed by atoms with E-state index in [4.69, 9.17) is 4.74 Å². The van der Waals surface area contributed by atoms with Gasteiger partial charge in [-0.05, 0) is 35.7 Å². The molecule has 0 bridgehead atoms. The van der Waals surface area contributed by atoms with Crippen molar-refractivity contribution in [1.29, 1.82) is 0 Å². The summed E-state index contributed by atoms with van der Waals surface area (Å²) in [6.07, 6.45) is 3.72. The Morgan fingerprint density at radius 3 is 2.47 bits per heavy atom. The molecule has 1 nitrogen and oxygen atoms in total. The Labute approximate surface area is 103 Å². The molecule has 0 N–H and O–H groups in total. The van der Waals surface area contributed by atoms with Crippen LogP contribution in [-0.4, -0.2) is 6.10 Å². The van der Waals surface area contributed by atoms with E-state index in [0.29, 0.717) is 6.10 Å². The summed E-state index contributed by atoms with van der Waals surface area (Å²) in [6.45, 7) is 4.38. The average Bonchev–Trinajstić information content (AvgIpc) is 2.38. The van der Waals surface area contributed by atoms with E-state index in [0.717, 1.165) is 18.6 Å². The maximum Gasteiger partial charge on any atom is 0.120 e. The fraction of sp³-hybridized carbons (Fsp3) is 0.375. The van der Waals surface area contributed by atoms with Crippen LogP contribution < -0.4 is 4.74 Å². The van der Waals surface area contributed by atoms with Gasteiger partial charge in [0.2, 0.25) is 0 Å². The molecule has 0 aliphatic rings.